The van der Waals surface area contributed by atoms with Gasteiger partial charge < -0.3 is 19.9 Å². The van der Waals surface area contributed by atoms with Crippen molar-refractivity contribution in [3.8, 4) is 11.5 Å². The van der Waals surface area contributed by atoms with Crippen LogP contribution in [0.2, 0.25) is 0 Å². The first-order valence-corrected chi connectivity index (χ1v) is 7.22. The molecule has 0 aliphatic carbocycles. The summed E-state index contributed by atoms with van der Waals surface area (Å²) in [6.07, 6.45) is 2.63. The maximum absolute atomic E-state index is 14.1. The zero-order valence-corrected chi connectivity index (χ0v) is 14.2. The molecule has 9 heteroatoms. The summed E-state index contributed by atoms with van der Waals surface area (Å²) in [5.74, 6) is -2.23. The summed E-state index contributed by atoms with van der Waals surface area (Å²) in [5.41, 5.74) is -1.31. The van der Waals surface area contributed by atoms with Gasteiger partial charge in [-0.3, -0.25) is 9.48 Å². The number of anilines is 1. The molecular formula is C16H18FN3O5. The van der Waals surface area contributed by atoms with Gasteiger partial charge in [-0.2, -0.15) is 5.10 Å². The number of benzene rings is 1. The van der Waals surface area contributed by atoms with Crippen LogP contribution in [-0.4, -0.2) is 41.0 Å². The molecule has 0 saturated carbocycles. The molecule has 8 nitrogen and oxygen atoms in total. The highest BCUT2D eigenvalue weighted by molar-refractivity contribution is 6.04. The van der Waals surface area contributed by atoms with Crippen molar-refractivity contribution in [3.63, 3.8) is 0 Å². The molecule has 0 radical (unpaired) electrons. The Kier molecular flexibility index (Phi) is 4.96. The fourth-order valence-electron chi connectivity index (χ4n) is 2.02. The summed E-state index contributed by atoms with van der Waals surface area (Å²) < 4.78 is 25.3. The lowest BCUT2D eigenvalue weighted by molar-refractivity contribution is -0.146. The van der Waals surface area contributed by atoms with Gasteiger partial charge in [0.05, 0.1) is 31.7 Å². The number of amides is 1. The predicted octanol–water partition coefficient (Wildman–Crippen LogP) is 2.11. The maximum atomic E-state index is 14.1. The first-order chi connectivity index (χ1) is 11.7. The first-order valence-electron chi connectivity index (χ1n) is 7.22. The van der Waals surface area contributed by atoms with Gasteiger partial charge in [-0.1, -0.05) is 0 Å². The lowest BCUT2D eigenvalue weighted by Crippen LogP contribution is -2.35. The number of carbonyl (C=O) groups excluding carboxylic acids is 1. The second-order valence-electron chi connectivity index (χ2n) is 5.68. The Bertz CT molecular complexity index is 816. The zero-order valence-electron chi connectivity index (χ0n) is 14.2. The van der Waals surface area contributed by atoms with Crippen molar-refractivity contribution in [2.75, 3.05) is 19.5 Å². The minimum absolute atomic E-state index is 0.160. The topological polar surface area (TPSA) is 103 Å². The minimum Gasteiger partial charge on any atom is -0.493 e. The van der Waals surface area contributed by atoms with Gasteiger partial charge in [-0.15, -0.1) is 0 Å². The van der Waals surface area contributed by atoms with Gasteiger partial charge in [0, 0.05) is 12.3 Å². The van der Waals surface area contributed by atoms with Crippen LogP contribution >= 0.6 is 0 Å². The Labute approximate surface area is 143 Å². The van der Waals surface area contributed by atoms with Crippen molar-refractivity contribution in [3.05, 3.63) is 35.9 Å². The molecule has 0 bridgehead atoms. The van der Waals surface area contributed by atoms with Crippen molar-refractivity contribution in [2.24, 2.45) is 0 Å². The smallest absolute Gasteiger partial charge is 0.331 e. The number of ether oxygens (including phenoxy) is 2. The highest BCUT2D eigenvalue weighted by Crippen LogP contribution is 2.30. The summed E-state index contributed by atoms with van der Waals surface area (Å²) in [6, 6.07) is 2.26. The standard InChI is InChI=1S/C16H18FN3O5/c1-16(2,15(22)23)20-8-9(7-18-20)19-14(21)10-5-12(24-3)13(25-4)6-11(10)17/h5-8H,1-4H3,(H,19,21)(H,22,23). The summed E-state index contributed by atoms with van der Waals surface area (Å²) >= 11 is 0. The maximum Gasteiger partial charge on any atom is 0.331 e. The van der Waals surface area contributed by atoms with E-state index in [0.29, 0.717) is 0 Å². The molecule has 0 atom stereocenters. The molecule has 1 aromatic carbocycles. The van der Waals surface area contributed by atoms with Crippen LogP contribution in [0.15, 0.2) is 24.5 Å². The van der Waals surface area contributed by atoms with E-state index >= 15 is 0 Å². The number of rotatable bonds is 6. The molecule has 0 unspecified atom stereocenters. The second-order valence-corrected chi connectivity index (χ2v) is 5.68. The SMILES string of the molecule is COc1cc(F)c(C(=O)Nc2cnn(C(C)(C)C(=O)O)c2)cc1OC. The van der Waals surface area contributed by atoms with Crippen LogP contribution in [0.1, 0.15) is 24.2 Å². The fraction of sp³-hybridized carbons (Fsp3) is 0.312. The van der Waals surface area contributed by atoms with Gasteiger partial charge in [0.25, 0.3) is 5.91 Å². The number of nitrogens with one attached hydrogen (secondary N) is 1. The fourth-order valence-corrected chi connectivity index (χ4v) is 2.02. The van der Waals surface area contributed by atoms with Crippen LogP contribution in [0, 0.1) is 5.82 Å². The number of halogens is 1. The molecule has 1 aromatic heterocycles. The van der Waals surface area contributed by atoms with E-state index < -0.39 is 23.2 Å². The lowest BCUT2D eigenvalue weighted by Gasteiger charge is -2.19. The number of carboxylic acid groups (broad SMARTS) is 1. The monoisotopic (exact) mass is 351 g/mol. The number of carboxylic acids is 1. The van der Waals surface area contributed by atoms with Gasteiger partial charge in [0.15, 0.2) is 17.0 Å². The Morgan fingerprint density at radius 3 is 2.40 bits per heavy atom. The summed E-state index contributed by atoms with van der Waals surface area (Å²) in [5, 5.41) is 15.6. The van der Waals surface area contributed by atoms with Gasteiger partial charge >= 0.3 is 5.97 Å². The Morgan fingerprint density at radius 2 is 1.84 bits per heavy atom. The zero-order chi connectivity index (χ0) is 18.8. The third-order valence-electron chi connectivity index (χ3n) is 3.65. The highest BCUT2D eigenvalue weighted by Gasteiger charge is 2.30. The quantitative estimate of drug-likeness (QED) is 0.826. The number of hydrogen-bond donors (Lipinski definition) is 2. The van der Waals surface area contributed by atoms with E-state index in [-0.39, 0.29) is 22.7 Å². The van der Waals surface area contributed by atoms with Crippen molar-refractivity contribution in [1.29, 1.82) is 0 Å². The van der Waals surface area contributed by atoms with Crippen molar-refractivity contribution < 1.29 is 28.6 Å². The Morgan fingerprint density at radius 1 is 1.24 bits per heavy atom. The molecule has 1 heterocycles. The first kappa shape index (κ1) is 18.2. The van der Waals surface area contributed by atoms with Crippen LogP contribution in [0.4, 0.5) is 10.1 Å². The molecule has 25 heavy (non-hydrogen) atoms. The number of aliphatic carboxylic acids is 1. The normalized spacial score (nSPS) is 11.1. The lowest BCUT2D eigenvalue weighted by atomic mass is 10.1. The third kappa shape index (κ3) is 3.54. The average Bonchev–Trinajstić information content (AvgIpc) is 3.03. The van der Waals surface area contributed by atoms with Crippen LogP contribution in [0.25, 0.3) is 0 Å². The largest absolute Gasteiger partial charge is 0.493 e. The van der Waals surface area contributed by atoms with E-state index in [9.17, 15) is 19.1 Å². The number of nitrogens with zero attached hydrogens (tertiary/aromatic N) is 2. The molecule has 134 valence electrons. The third-order valence-corrected chi connectivity index (χ3v) is 3.65. The Balaban J connectivity index is 2.26. The van der Waals surface area contributed by atoms with Crippen LogP contribution in [0.5, 0.6) is 11.5 Å². The Hall–Kier alpha value is -3.10. The summed E-state index contributed by atoms with van der Waals surface area (Å²) in [6.45, 7) is 2.92. The van der Waals surface area contributed by atoms with Crippen LogP contribution in [-0.2, 0) is 10.3 Å². The van der Waals surface area contributed by atoms with E-state index in [1.54, 1.807) is 0 Å². The average molecular weight is 351 g/mol. The van der Waals surface area contributed by atoms with Crippen LogP contribution in [0.3, 0.4) is 0 Å². The van der Waals surface area contributed by atoms with Crippen molar-refractivity contribution in [2.45, 2.75) is 19.4 Å². The van der Waals surface area contributed by atoms with E-state index in [1.165, 1.54) is 51.2 Å². The molecule has 1 amide bonds. The van der Waals surface area contributed by atoms with E-state index in [1.807, 2.05) is 0 Å². The summed E-state index contributed by atoms with van der Waals surface area (Å²) in [4.78, 5) is 23.5. The number of aromatic nitrogens is 2. The molecule has 0 spiro atoms. The number of methoxy groups -OCH3 is 2. The molecule has 0 aliphatic rings. The number of carbonyl (C=O) groups is 2. The van der Waals surface area contributed by atoms with Crippen molar-refractivity contribution in [1.82, 2.24) is 9.78 Å². The molecule has 2 N–H and O–H groups in total. The highest BCUT2D eigenvalue weighted by atomic mass is 19.1. The molecule has 0 fully saturated rings. The van der Waals surface area contributed by atoms with E-state index in [0.717, 1.165) is 6.07 Å². The van der Waals surface area contributed by atoms with Crippen LogP contribution < -0.4 is 14.8 Å². The van der Waals surface area contributed by atoms with Gasteiger partial charge in [0.2, 0.25) is 0 Å². The molecule has 2 aromatic rings. The predicted molar refractivity (Wildman–Crippen MR) is 86.6 cm³/mol. The van der Waals surface area contributed by atoms with Gasteiger partial charge in [-0.25, -0.2) is 9.18 Å². The minimum atomic E-state index is -1.29. The van der Waals surface area contributed by atoms with Gasteiger partial charge in [-0.05, 0) is 19.9 Å². The number of hydrogen-bond acceptors (Lipinski definition) is 5. The van der Waals surface area contributed by atoms with Crippen molar-refractivity contribution >= 4 is 17.6 Å². The molecule has 2 rings (SSSR count). The molecule has 0 saturated heterocycles. The summed E-state index contributed by atoms with van der Waals surface area (Å²) in [7, 11) is 2.73. The van der Waals surface area contributed by atoms with E-state index in [4.69, 9.17) is 9.47 Å². The molecule has 0 aliphatic heterocycles. The van der Waals surface area contributed by atoms with Gasteiger partial charge in [0.1, 0.15) is 5.82 Å². The van der Waals surface area contributed by atoms with E-state index in [2.05, 4.69) is 10.4 Å². The second kappa shape index (κ2) is 6.80. The molecular weight excluding hydrogens is 333 g/mol.